The SMILES string of the molecule is O=C(O)c1ccnc(NCC2CCCCS2(=O)=O)n1. The molecule has 1 aromatic heterocycles. The van der Waals surface area contributed by atoms with Gasteiger partial charge in [0.05, 0.1) is 11.0 Å². The molecule has 0 aliphatic carbocycles. The van der Waals surface area contributed by atoms with E-state index in [1.807, 2.05) is 0 Å². The van der Waals surface area contributed by atoms with Crippen LogP contribution in [0.3, 0.4) is 0 Å². The van der Waals surface area contributed by atoms with Gasteiger partial charge in [-0.3, -0.25) is 0 Å². The lowest BCUT2D eigenvalue weighted by Crippen LogP contribution is -2.34. The van der Waals surface area contributed by atoms with E-state index in [9.17, 15) is 13.2 Å². The molecule has 104 valence electrons. The fraction of sp³-hybridized carbons (Fsp3) is 0.545. The second-order valence-electron chi connectivity index (χ2n) is 4.44. The third-order valence-electron chi connectivity index (χ3n) is 3.08. The van der Waals surface area contributed by atoms with Crippen molar-refractivity contribution in [2.24, 2.45) is 0 Å². The van der Waals surface area contributed by atoms with Crippen LogP contribution in [0.1, 0.15) is 29.8 Å². The molecule has 1 atom stereocenters. The Bertz CT molecular complexity index is 573. The molecule has 2 heterocycles. The Morgan fingerprint density at radius 2 is 2.26 bits per heavy atom. The number of hydrogen-bond donors (Lipinski definition) is 2. The van der Waals surface area contributed by atoms with Crippen LogP contribution in [0.4, 0.5) is 5.95 Å². The maximum absolute atomic E-state index is 11.8. The molecule has 1 unspecified atom stereocenters. The smallest absolute Gasteiger partial charge is 0.354 e. The third-order valence-corrected chi connectivity index (χ3v) is 5.35. The summed E-state index contributed by atoms with van der Waals surface area (Å²) in [6.07, 6.45) is 3.55. The lowest BCUT2D eigenvalue weighted by Gasteiger charge is -2.22. The zero-order chi connectivity index (χ0) is 13.9. The van der Waals surface area contributed by atoms with Crippen molar-refractivity contribution in [2.75, 3.05) is 17.6 Å². The highest BCUT2D eigenvalue weighted by Crippen LogP contribution is 2.19. The molecule has 1 aliphatic rings. The van der Waals surface area contributed by atoms with Crippen molar-refractivity contribution in [1.82, 2.24) is 9.97 Å². The zero-order valence-corrected chi connectivity index (χ0v) is 11.1. The van der Waals surface area contributed by atoms with Gasteiger partial charge in [-0.1, -0.05) is 6.42 Å². The van der Waals surface area contributed by atoms with E-state index in [1.165, 1.54) is 12.3 Å². The molecular weight excluding hydrogens is 270 g/mol. The molecule has 8 heteroatoms. The van der Waals surface area contributed by atoms with Crippen molar-refractivity contribution in [3.8, 4) is 0 Å². The first-order valence-electron chi connectivity index (χ1n) is 6.01. The minimum atomic E-state index is -3.05. The molecule has 0 spiro atoms. The Morgan fingerprint density at radius 1 is 1.47 bits per heavy atom. The molecule has 2 N–H and O–H groups in total. The highest BCUT2D eigenvalue weighted by molar-refractivity contribution is 7.92. The van der Waals surface area contributed by atoms with E-state index in [1.54, 1.807) is 0 Å². The number of hydrogen-bond acceptors (Lipinski definition) is 6. The molecule has 1 fully saturated rings. The van der Waals surface area contributed by atoms with Crippen molar-refractivity contribution >= 4 is 21.8 Å². The van der Waals surface area contributed by atoms with E-state index in [-0.39, 0.29) is 23.9 Å². The van der Waals surface area contributed by atoms with Crippen molar-refractivity contribution in [1.29, 1.82) is 0 Å². The number of nitrogens with one attached hydrogen (secondary N) is 1. The fourth-order valence-corrected chi connectivity index (χ4v) is 3.82. The maximum Gasteiger partial charge on any atom is 0.354 e. The molecule has 1 aromatic rings. The quantitative estimate of drug-likeness (QED) is 0.831. The minimum absolute atomic E-state index is 0.121. The van der Waals surface area contributed by atoms with Gasteiger partial charge in [0, 0.05) is 12.7 Å². The van der Waals surface area contributed by atoms with Gasteiger partial charge in [-0.15, -0.1) is 0 Å². The largest absolute Gasteiger partial charge is 0.477 e. The van der Waals surface area contributed by atoms with Crippen LogP contribution in [0.25, 0.3) is 0 Å². The average molecular weight is 285 g/mol. The monoisotopic (exact) mass is 285 g/mol. The number of carboxylic acids is 1. The molecule has 2 rings (SSSR count). The second kappa shape index (κ2) is 5.52. The van der Waals surface area contributed by atoms with Gasteiger partial charge in [-0.25, -0.2) is 23.2 Å². The number of sulfone groups is 1. The maximum atomic E-state index is 11.8. The van der Waals surface area contributed by atoms with Crippen LogP contribution in [0, 0.1) is 0 Å². The van der Waals surface area contributed by atoms with Gasteiger partial charge >= 0.3 is 5.97 Å². The number of rotatable bonds is 4. The van der Waals surface area contributed by atoms with Gasteiger partial charge in [0.25, 0.3) is 0 Å². The lowest BCUT2D eigenvalue weighted by molar-refractivity contribution is 0.0690. The number of aromatic nitrogens is 2. The van der Waals surface area contributed by atoms with E-state index in [2.05, 4.69) is 15.3 Å². The first-order valence-corrected chi connectivity index (χ1v) is 7.72. The predicted molar refractivity (Wildman–Crippen MR) is 68.9 cm³/mol. The number of anilines is 1. The highest BCUT2D eigenvalue weighted by atomic mass is 32.2. The first kappa shape index (κ1) is 13.7. The molecule has 1 saturated heterocycles. The number of carboxylic acid groups (broad SMARTS) is 1. The van der Waals surface area contributed by atoms with E-state index in [4.69, 9.17) is 5.11 Å². The van der Waals surface area contributed by atoms with Gasteiger partial charge in [-0.2, -0.15) is 0 Å². The van der Waals surface area contributed by atoms with Crippen LogP contribution in [0.2, 0.25) is 0 Å². The van der Waals surface area contributed by atoms with E-state index < -0.39 is 21.1 Å². The predicted octanol–water partition coefficient (Wildman–Crippen LogP) is 0.554. The lowest BCUT2D eigenvalue weighted by atomic mass is 10.2. The minimum Gasteiger partial charge on any atom is -0.477 e. The Kier molecular flexibility index (Phi) is 3.98. The average Bonchev–Trinajstić information content (AvgIpc) is 2.37. The summed E-state index contributed by atoms with van der Waals surface area (Å²) in [7, 11) is -3.05. The molecule has 19 heavy (non-hydrogen) atoms. The zero-order valence-electron chi connectivity index (χ0n) is 10.2. The number of carbonyl (C=O) groups is 1. The summed E-state index contributed by atoms with van der Waals surface area (Å²) in [5, 5.41) is 11.1. The van der Waals surface area contributed by atoms with Gasteiger partial charge in [0.2, 0.25) is 5.95 Å². The standard InChI is InChI=1S/C11H15N3O4S/c15-10(16)9-4-5-12-11(14-9)13-7-8-3-1-2-6-19(8,17)18/h4-5,8H,1-3,6-7H2,(H,15,16)(H,12,13,14). The van der Waals surface area contributed by atoms with Gasteiger partial charge < -0.3 is 10.4 Å². The summed E-state index contributed by atoms with van der Waals surface area (Å²) >= 11 is 0. The Morgan fingerprint density at radius 3 is 2.95 bits per heavy atom. The van der Waals surface area contributed by atoms with Crippen LogP contribution in [0.5, 0.6) is 0 Å². The molecule has 0 saturated carbocycles. The highest BCUT2D eigenvalue weighted by Gasteiger charge is 2.28. The van der Waals surface area contributed by atoms with Crippen LogP contribution >= 0.6 is 0 Å². The molecule has 7 nitrogen and oxygen atoms in total. The Balaban J connectivity index is 2.02. The van der Waals surface area contributed by atoms with Crippen LogP contribution < -0.4 is 5.32 Å². The molecule has 0 radical (unpaired) electrons. The van der Waals surface area contributed by atoms with E-state index in [0.717, 1.165) is 6.42 Å². The Labute approximate surface area is 111 Å². The normalized spacial score (nSPS) is 21.8. The van der Waals surface area contributed by atoms with Crippen molar-refractivity contribution in [3.05, 3.63) is 18.0 Å². The van der Waals surface area contributed by atoms with Crippen LogP contribution in [-0.2, 0) is 9.84 Å². The van der Waals surface area contributed by atoms with Crippen LogP contribution in [0.15, 0.2) is 12.3 Å². The van der Waals surface area contributed by atoms with Gasteiger partial charge in [-0.05, 0) is 18.9 Å². The molecule has 0 bridgehead atoms. The van der Waals surface area contributed by atoms with Crippen molar-refractivity contribution < 1.29 is 18.3 Å². The summed E-state index contributed by atoms with van der Waals surface area (Å²) < 4.78 is 23.6. The Hall–Kier alpha value is -1.70. The summed E-state index contributed by atoms with van der Waals surface area (Å²) in [6, 6.07) is 1.28. The van der Waals surface area contributed by atoms with Crippen molar-refractivity contribution in [3.63, 3.8) is 0 Å². The molecular formula is C11H15N3O4S. The van der Waals surface area contributed by atoms with Crippen LogP contribution in [-0.4, -0.2) is 47.0 Å². The summed E-state index contributed by atoms with van der Waals surface area (Å²) in [5.41, 5.74) is -0.121. The van der Waals surface area contributed by atoms with Gasteiger partial charge in [0.1, 0.15) is 0 Å². The molecule has 1 aliphatic heterocycles. The third kappa shape index (κ3) is 3.40. The van der Waals surface area contributed by atoms with E-state index >= 15 is 0 Å². The fourth-order valence-electron chi connectivity index (χ4n) is 2.02. The summed E-state index contributed by atoms with van der Waals surface area (Å²) in [5.74, 6) is -0.786. The van der Waals surface area contributed by atoms with Gasteiger partial charge in [0.15, 0.2) is 15.5 Å². The second-order valence-corrected chi connectivity index (χ2v) is 6.84. The number of nitrogens with zero attached hydrogens (tertiary/aromatic N) is 2. The summed E-state index contributed by atoms with van der Waals surface area (Å²) in [6.45, 7) is 0.214. The topological polar surface area (TPSA) is 109 Å². The van der Waals surface area contributed by atoms with E-state index in [0.29, 0.717) is 12.8 Å². The summed E-state index contributed by atoms with van der Waals surface area (Å²) in [4.78, 5) is 18.4. The molecule has 0 aromatic carbocycles. The van der Waals surface area contributed by atoms with Crippen molar-refractivity contribution in [2.45, 2.75) is 24.5 Å². The first-order chi connectivity index (χ1) is 8.99. The molecule has 0 amide bonds. The number of aromatic carboxylic acids is 1.